The number of methoxy groups -OCH3 is 1. The molecule has 0 atom stereocenters. The van der Waals surface area contributed by atoms with Crippen LogP contribution in [-0.4, -0.2) is 26.2 Å². The summed E-state index contributed by atoms with van der Waals surface area (Å²) in [6.07, 6.45) is 3.23. The molecule has 1 aliphatic rings. The van der Waals surface area contributed by atoms with Gasteiger partial charge in [0.1, 0.15) is 31.3 Å². The molecule has 1 heterocycles. The topological polar surface area (TPSA) is 66.0 Å². The van der Waals surface area contributed by atoms with E-state index in [1.165, 1.54) is 6.08 Å². The minimum atomic E-state index is -0.245. The third-order valence-electron chi connectivity index (χ3n) is 4.75. The van der Waals surface area contributed by atoms with E-state index in [1.807, 2.05) is 42.5 Å². The molecule has 1 aliphatic heterocycles. The summed E-state index contributed by atoms with van der Waals surface area (Å²) < 4.78 is 23.4. The molecule has 32 heavy (non-hydrogen) atoms. The van der Waals surface area contributed by atoms with Gasteiger partial charge in [0, 0.05) is 27.9 Å². The van der Waals surface area contributed by atoms with E-state index in [2.05, 4.69) is 21.2 Å². The number of rotatable bonds is 7. The van der Waals surface area contributed by atoms with Crippen molar-refractivity contribution in [2.24, 2.45) is 0 Å². The minimum Gasteiger partial charge on any atom is -0.496 e. The number of nitrogens with one attached hydrogen (secondary N) is 1. The van der Waals surface area contributed by atoms with Crippen LogP contribution in [0.5, 0.6) is 23.0 Å². The van der Waals surface area contributed by atoms with Crippen LogP contribution in [0.15, 0.2) is 71.2 Å². The van der Waals surface area contributed by atoms with E-state index in [-0.39, 0.29) is 5.91 Å². The average Bonchev–Trinajstić information content (AvgIpc) is 2.82. The Morgan fingerprint density at radius 3 is 2.59 bits per heavy atom. The minimum absolute atomic E-state index is 0.245. The molecule has 1 N–H and O–H groups in total. The second-order valence-corrected chi connectivity index (χ2v) is 7.91. The van der Waals surface area contributed by atoms with Gasteiger partial charge in [-0.2, -0.15) is 0 Å². The SMILES string of the molecule is COc1ccc(/C=C\C(=O)Nc2ccc3c(c2)OCCO3)cc1COc1ccc(Br)cc1. The van der Waals surface area contributed by atoms with Crippen LogP contribution >= 0.6 is 15.9 Å². The van der Waals surface area contributed by atoms with Crippen molar-refractivity contribution >= 4 is 33.6 Å². The molecule has 164 valence electrons. The van der Waals surface area contributed by atoms with Crippen molar-refractivity contribution in [3.63, 3.8) is 0 Å². The quantitative estimate of drug-likeness (QED) is 0.440. The van der Waals surface area contributed by atoms with Crippen molar-refractivity contribution in [1.82, 2.24) is 0 Å². The Labute approximate surface area is 194 Å². The Bertz CT molecular complexity index is 1130. The molecule has 3 aromatic carbocycles. The number of anilines is 1. The lowest BCUT2D eigenvalue weighted by molar-refractivity contribution is -0.111. The molecule has 6 nitrogen and oxygen atoms in total. The van der Waals surface area contributed by atoms with Crippen LogP contribution in [0.2, 0.25) is 0 Å². The monoisotopic (exact) mass is 495 g/mol. The summed E-state index contributed by atoms with van der Waals surface area (Å²) in [5.41, 5.74) is 2.38. The van der Waals surface area contributed by atoms with Crippen molar-refractivity contribution in [2.45, 2.75) is 6.61 Å². The number of benzene rings is 3. The fraction of sp³-hybridized carbons (Fsp3) is 0.160. The molecule has 0 bridgehead atoms. The lowest BCUT2D eigenvalue weighted by atomic mass is 10.1. The highest BCUT2D eigenvalue weighted by atomic mass is 79.9. The molecule has 3 aromatic rings. The van der Waals surface area contributed by atoms with Gasteiger partial charge in [0.25, 0.3) is 0 Å². The van der Waals surface area contributed by atoms with E-state index in [0.717, 1.165) is 27.1 Å². The number of fused-ring (bicyclic) bond motifs is 1. The van der Waals surface area contributed by atoms with Crippen LogP contribution < -0.4 is 24.3 Å². The maximum Gasteiger partial charge on any atom is 0.248 e. The van der Waals surface area contributed by atoms with E-state index >= 15 is 0 Å². The summed E-state index contributed by atoms with van der Waals surface area (Å²) in [6.45, 7) is 1.37. The lowest BCUT2D eigenvalue weighted by Crippen LogP contribution is -2.16. The predicted octanol–water partition coefficient (Wildman–Crippen LogP) is 5.46. The molecule has 0 radical (unpaired) electrons. The molecule has 0 saturated heterocycles. The van der Waals surface area contributed by atoms with E-state index in [0.29, 0.717) is 37.0 Å². The van der Waals surface area contributed by atoms with Gasteiger partial charge in [-0.05, 0) is 60.2 Å². The largest absolute Gasteiger partial charge is 0.496 e. The van der Waals surface area contributed by atoms with E-state index in [9.17, 15) is 4.79 Å². The smallest absolute Gasteiger partial charge is 0.248 e. The third-order valence-corrected chi connectivity index (χ3v) is 5.28. The van der Waals surface area contributed by atoms with Crippen LogP contribution in [0.1, 0.15) is 11.1 Å². The van der Waals surface area contributed by atoms with Crippen LogP contribution in [0, 0.1) is 0 Å². The number of hydrogen-bond donors (Lipinski definition) is 1. The molecule has 0 saturated carbocycles. The Hall–Kier alpha value is -3.45. The summed E-state index contributed by atoms with van der Waals surface area (Å²) >= 11 is 3.41. The zero-order valence-corrected chi connectivity index (χ0v) is 19.1. The maximum absolute atomic E-state index is 12.4. The average molecular weight is 496 g/mol. The van der Waals surface area contributed by atoms with Gasteiger partial charge in [-0.3, -0.25) is 4.79 Å². The van der Waals surface area contributed by atoms with Gasteiger partial charge < -0.3 is 24.3 Å². The van der Waals surface area contributed by atoms with Crippen molar-refractivity contribution in [1.29, 1.82) is 0 Å². The lowest BCUT2D eigenvalue weighted by Gasteiger charge is -2.18. The number of carbonyl (C=O) groups is 1. The van der Waals surface area contributed by atoms with E-state index < -0.39 is 0 Å². The second kappa shape index (κ2) is 10.2. The maximum atomic E-state index is 12.4. The highest BCUT2D eigenvalue weighted by Crippen LogP contribution is 2.32. The first-order valence-electron chi connectivity index (χ1n) is 10.0. The summed E-state index contributed by atoms with van der Waals surface area (Å²) in [4.78, 5) is 12.4. The number of amides is 1. The fourth-order valence-electron chi connectivity index (χ4n) is 3.18. The molecule has 0 fully saturated rings. The first-order valence-corrected chi connectivity index (χ1v) is 10.8. The molecule has 0 spiro atoms. The molecule has 0 unspecified atom stereocenters. The first kappa shape index (κ1) is 21.8. The van der Waals surface area contributed by atoms with Gasteiger partial charge in [-0.1, -0.05) is 22.0 Å². The molecule has 7 heteroatoms. The Morgan fingerprint density at radius 1 is 1.03 bits per heavy atom. The van der Waals surface area contributed by atoms with Gasteiger partial charge in [0.05, 0.1) is 7.11 Å². The van der Waals surface area contributed by atoms with Crippen molar-refractivity contribution in [2.75, 3.05) is 25.6 Å². The number of ether oxygens (including phenoxy) is 4. The summed E-state index contributed by atoms with van der Waals surface area (Å²) in [5, 5.41) is 2.84. The normalized spacial score (nSPS) is 12.4. The molecule has 4 rings (SSSR count). The Kier molecular flexibility index (Phi) is 6.97. The standard InChI is InChI=1S/C25H22BrNO5/c1-29-22-9-2-17(14-18(22)16-32-21-7-4-19(26)5-8-21)3-11-25(28)27-20-6-10-23-24(15-20)31-13-12-30-23/h2-11,14-15H,12-13,16H2,1H3,(H,27,28)/b11-3-. The van der Waals surface area contributed by atoms with E-state index in [4.69, 9.17) is 18.9 Å². The molecule has 0 aromatic heterocycles. The van der Waals surface area contributed by atoms with Gasteiger partial charge in [0.2, 0.25) is 5.91 Å². The van der Waals surface area contributed by atoms with Crippen molar-refractivity contribution in [3.05, 3.63) is 82.3 Å². The Balaban J connectivity index is 1.41. The molecule has 1 amide bonds. The fourth-order valence-corrected chi connectivity index (χ4v) is 3.45. The highest BCUT2D eigenvalue weighted by Gasteiger charge is 2.12. The zero-order valence-electron chi connectivity index (χ0n) is 17.5. The number of halogens is 1. The number of hydrogen-bond acceptors (Lipinski definition) is 5. The summed E-state index contributed by atoms with van der Waals surface area (Å²) in [5.74, 6) is 2.55. The third kappa shape index (κ3) is 5.62. The molecule has 0 aliphatic carbocycles. The zero-order chi connectivity index (χ0) is 22.3. The van der Waals surface area contributed by atoms with Gasteiger partial charge >= 0.3 is 0 Å². The van der Waals surface area contributed by atoms with Gasteiger partial charge in [0.15, 0.2) is 11.5 Å². The summed E-state index contributed by atoms with van der Waals surface area (Å²) in [6, 6.07) is 18.6. The molecular weight excluding hydrogens is 474 g/mol. The van der Waals surface area contributed by atoms with Crippen LogP contribution in [0.3, 0.4) is 0 Å². The van der Waals surface area contributed by atoms with Gasteiger partial charge in [-0.15, -0.1) is 0 Å². The second-order valence-electron chi connectivity index (χ2n) is 6.99. The van der Waals surface area contributed by atoms with Crippen LogP contribution in [-0.2, 0) is 11.4 Å². The Morgan fingerprint density at radius 2 is 1.81 bits per heavy atom. The van der Waals surface area contributed by atoms with Crippen LogP contribution in [0.25, 0.3) is 6.08 Å². The highest BCUT2D eigenvalue weighted by molar-refractivity contribution is 9.10. The summed E-state index contributed by atoms with van der Waals surface area (Å²) in [7, 11) is 1.62. The van der Waals surface area contributed by atoms with Crippen LogP contribution in [0.4, 0.5) is 5.69 Å². The van der Waals surface area contributed by atoms with E-state index in [1.54, 1.807) is 31.4 Å². The van der Waals surface area contributed by atoms with Crippen molar-refractivity contribution in [3.8, 4) is 23.0 Å². The first-order chi connectivity index (χ1) is 15.6. The predicted molar refractivity (Wildman–Crippen MR) is 127 cm³/mol. The van der Waals surface area contributed by atoms with Gasteiger partial charge in [-0.25, -0.2) is 0 Å². The number of carbonyl (C=O) groups excluding carboxylic acids is 1. The molecular formula is C25H22BrNO5. The van der Waals surface area contributed by atoms with Crippen molar-refractivity contribution < 1.29 is 23.7 Å².